The second-order valence-corrected chi connectivity index (χ2v) is 11.0. The standard InChI is InChI=1S/C30H33N5O2S/c36-28-9-8-27(29(37)32-28)35-20-24-16-21(6-7-25(24)30(35)38)18-33-12-14-34(15-13-33)19-22-10-11-31-26(17-22)23-4-2-1-3-5-23/h1-7,10-11,16-17,27,30,38H,8-9,12-15,18-20H2,(H,32,36,37). The van der Waals surface area contributed by atoms with E-state index in [0.29, 0.717) is 19.4 Å². The van der Waals surface area contributed by atoms with Gasteiger partial charge in [-0.15, -0.1) is 0 Å². The van der Waals surface area contributed by atoms with Crippen molar-refractivity contribution in [2.75, 3.05) is 26.2 Å². The van der Waals surface area contributed by atoms with Crippen molar-refractivity contribution in [1.29, 1.82) is 0 Å². The number of nitrogens with zero attached hydrogens (tertiary/aromatic N) is 4. The minimum absolute atomic E-state index is 0.123. The Hall–Kier alpha value is -3.04. The van der Waals surface area contributed by atoms with Crippen LogP contribution in [0.2, 0.25) is 0 Å². The Morgan fingerprint density at radius 1 is 0.895 bits per heavy atom. The van der Waals surface area contributed by atoms with Gasteiger partial charge < -0.3 is 0 Å². The maximum atomic E-state index is 12.4. The third-order valence-electron chi connectivity index (χ3n) is 7.93. The number of thiol groups is 1. The van der Waals surface area contributed by atoms with Gasteiger partial charge in [0, 0.05) is 64.0 Å². The molecule has 0 spiro atoms. The molecule has 2 saturated heterocycles. The fourth-order valence-corrected chi connectivity index (χ4v) is 6.34. The fraction of sp³-hybridized carbons (Fsp3) is 0.367. The second-order valence-electron chi connectivity index (χ2n) is 10.5. The van der Waals surface area contributed by atoms with Crippen molar-refractivity contribution in [2.45, 2.75) is 43.9 Å². The first-order valence-corrected chi connectivity index (χ1v) is 13.9. The molecule has 2 fully saturated rings. The summed E-state index contributed by atoms with van der Waals surface area (Å²) in [5, 5.41) is 2.36. The van der Waals surface area contributed by atoms with Gasteiger partial charge in [-0.25, -0.2) is 0 Å². The van der Waals surface area contributed by atoms with Crippen molar-refractivity contribution in [3.05, 3.63) is 89.1 Å². The molecule has 4 heterocycles. The molecule has 6 rings (SSSR count). The molecule has 0 saturated carbocycles. The summed E-state index contributed by atoms with van der Waals surface area (Å²) in [5.41, 5.74) is 7.17. The van der Waals surface area contributed by atoms with Gasteiger partial charge in [0.1, 0.15) is 0 Å². The number of hydrogen-bond acceptors (Lipinski definition) is 7. The lowest BCUT2D eigenvalue weighted by Gasteiger charge is -2.34. The molecule has 3 aliphatic rings. The largest absolute Gasteiger partial charge is 0.297 e. The summed E-state index contributed by atoms with van der Waals surface area (Å²) in [4.78, 5) is 35.7. The summed E-state index contributed by atoms with van der Waals surface area (Å²) in [6.45, 7) is 6.69. The third kappa shape index (κ3) is 5.40. The monoisotopic (exact) mass is 527 g/mol. The molecule has 2 aromatic carbocycles. The van der Waals surface area contributed by atoms with Gasteiger partial charge in [-0.1, -0.05) is 48.5 Å². The normalized spacial score (nSPS) is 22.9. The molecule has 1 N–H and O–H groups in total. The zero-order chi connectivity index (χ0) is 26.1. The molecular weight excluding hydrogens is 494 g/mol. The van der Waals surface area contributed by atoms with Crippen LogP contribution in [-0.4, -0.2) is 63.7 Å². The molecule has 0 bridgehead atoms. The smallest absolute Gasteiger partial charge is 0.243 e. The number of imide groups is 1. The number of carbonyl (C=O) groups excluding carboxylic acids is 2. The molecule has 3 aliphatic heterocycles. The minimum atomic E-state index is -0.303. The Morgan fingerprint density at radius 3 is 2.32 bits per heavy atom. The van der Waals surface area contributed by atoms with E-state index >= 15 is 0 Å². The molecule has 2 atom stereocenters. The summed E-state index contributed by atoms with van der Waals surface area (Å²) in [6, 6.07) is 21.0. The molecule has 196 valence electrons. The van der Waals surface area contributed by atoms with E-state index in [-0.39, 0.29) is 23.2 Å². The quantitative estimate of drug-likeness (QED) is 0.377. The molecule has 0 radical (unpaired) electrons. The first-order chi connectivity index (χ1) is 18.5. The number of aromatic nitrogens is 1. The number of amides is 2. The lowest BCUT2D eigenvalue weighted by atomic mass is 10.0. The van der Waals surface area contributed by atoms with E-state index in [1.165, 1.54) is 22.3 Å². The highest BCUT2D eigenvalue weighted by Gasteiger charge is 2.39. The van der Waals surface area contributed by atoms with Gasteiger partial charge >= 0.3 is 0 Å². The van der Waals surface area contributed by atoms with Crippen LogP contribution in [0.1, 0.15) is 40.5 Å². The summed E-state index contributed by atoms with van der Waals surface area (Å²) in [7, 11) is 0. The summed E-state index contributed by atoms with van der Waals surface area (Å²) >= 11 is 4.82. The Balaban J connectivity index is 1.03. The number of carbonyl (C=O) groups is 2. The van der Waals surface area contributed by atoms with Crippen LogP contribution in [0.4, 0.5) is 0 Å². The van der Waals surface area contributed by atoms with Gasteiger partial charge in [0.2, 0.25) is 11.8 Å². The first-order valence-electron chi connectivity index (χ1n) is 13.4. The molecule has 1 aromatic heterocycles. The van der Waals surface area contributed by atoms with Crippen molar-refractivity contribution in [3.63, 3.8) is 0 Å². The topological polar surface area (TPSA) is 68.8 Å². The SMILES string of the molecule is O=C1CCC(N2Cc3cc(CN4CCN(Cc5ccnc(-c6ccccc6)c5)CC4)ccc3C2S)C(=O)N1. The Kier molecular flexibility index (Phi) is 7.30. The number of piperidine rings is 1. The number of pyridine rings is 1. The summed E-state index contributed by atoms with van der Waals surface area (Å²) in [6.07, 6.45) is 2.86. The van der Waals surface area contributed by atoms with Crippen LogP contribution >= 0.6 is 12.6 Å². The van der Waals surface area contributed by atoms with Gasteiger partial charge in [0.25, 0.3) is 0 Å². The van der Waals surface area contributed by atoms with Crippen LogP contribution in [0, 0.1) is 0 Å². The number of piperazine rings is 1. The van der Waals surface area contributed by atoms with Crippen LogP contribution in [-0.2, 0) is 29.2 Å². The van der Waals surface area contributed by atoms with E-state index < -0.39 is 0 Å². The lowest BCUT2D eigenvalue weighted by Crippen LogP contribution is -2.51. The van der Waals surface area contributed by atoms with Gasteiger partial charge in [-0.2, -0.15) is 12.6 Å². The van der Waals surface area contributed by atoms with Crippen molar-refractivity contribution in [1.82, 2.24) is 25.0 Å². The van der Waals surface area contributed by atoms with Crippen LogP contribution in [0.15, 0.2) is 66.9 Å². The van der Waals surface area contributed by atoms with E-state index in [1.807, 2.05) is 12.3 Å². The van der Waals surface area contributed by atoms with Gasteiger partial charge in [-0.3, -0.25) is 34.6 Å². The maximum absolute atomic E-state index is 12.4. The third-order valence-corrected chi connectivity index (χ3v) is 8.51. The average Bonchev–Trinajstić information content (AvgIpc) is 3.25. The van der Waals surface area contributed by atoms with Crippen molar-refractivity contribution in [3.8, 4) is 11.3 Å². The molecule has 2 amide bonds. The predicted molar refractivity (Wildman–Crippen MR) is 150 cm³/mol. The zero-order valence-electron chi connectivity index (χ0n) is 21.4. The van der Waals surface area contributed by atoms with E-state index in [1.54, 1.807) is 0 Å². The Bertz CT molecular complexity index is 1330. The number of nitrogens with one attached hydrogen (secondary N) is 1. The number of hydrogen-bond donors (Lipinski definition) is 2. The molecule has 2 unspecified atom stereocenters. The summed E-state index contributed by atoms with van der Waals surface area (Å²) < 4.78 is 0. The van der Waals surface area contributed by atoms with E-state index in [4.69, 9.17) is 12.6 Å². The Labute approximate surface area is 229 Å². The van der Waals surface area contributed by atoms with Crippen molar-refractivity contribution < 1.29 is 9.59 Å². The number of fused-ring (bicyclic) bond motifs is 1. The molecule has 3 aromatic rings. The van der Waals surface area contributed by atoms with Gasteiger partial charge in [-0.05, 0) is 40.8 Å². The molecular formula is C30H33N5O2S. The number of benzene rings is 2. The van der Waals surface area contributed by atoms with Crippen LogP contribution in [0.25, 0.3) is 11.3 Å². The van der Waals surface area contributed by atoms with Crippen LogP contribution in [0.3, 0.4) is 0 Å². The highest BCUT2D eigenvalue weighted by atomic mass is 32.1. The van der Waals surface area contributed by atoms with Crippen LogP contribution < -0.4 is 5.32 Å². The predicted octanol–water partition coefficient (Wildman–Crippen LogP) is 3.62. The highest BCUT2D eigenvalue weighted by Crippen LogP contribution is 2.39. The van der Waals surface area contributed by atoms with Crippen molar-refractivity contribution >= 4 is 24.4 Å². The molecule has 7 nitrogen and oxygen atoms in total. The highest BCUT2D eigenvalue weighted by molar-refractivity contribution is 7.80. The van der Waals surface area contributed by atoms with Gasteiger partial charge in [0.05, 0.1) is 17.1 Å². The van der Waals surface area contributed by atoms with E-state index in [0.717, 1.165) is 50.5 Å². The minimum Gasteiger partial charge on any atom is -0.297 e. The first kappa shape index (κ1) is 25.2. The maximum Gasteiger partial charge on any atom is 0.243 e. The molecule has 0 aliphatic carbocycles. The average molecular weight is 528 g/mol. The second kappa shape index (κ2) is 11.0. The Morgan fingerprint density at radius 2 is 1.61 bits per heavy atom. The zero-order valence-corrected chi connectivity index (χ0v) is 22.3. The van der Waals surface area contributed by atoms with Crippen LogP contribution in [0.5, 0.6) is 0 Å². The molecule has 8 heteroatoms. The number of rotatable bonds is 6. The fourth-order valence-electron chi connectivity index (χ4n) is 5.85. The molecule has 38 heavy (non-hydrogen) atoms. The van der Waals surface area contributed by atoms with Gasteiger partial charge in [0.15, 0.2) is 0 Å². The summed E-state index contributed by atoms with van der Waals surface area (Å²) in [5.74, 6) is -0.381. The van der Waals surface area contributed by atoms with Crippen molar-refractivity contribution in [2.24, 2.45) is 0 Å². The van der Waals surface area contributed by atoms with E-state index in [9.17, 15) is 9.59 Å². The van der Waals surface area contributed by atoms with E-state index in [2.05, 4.69) is 79.6 Å². The lowest BCUT2D eigenvalue weighted by molar-refractivity contribution is -0.137.